The zero-order valence-electron chi connectivity index (χ0n) is 10.5. The average molecular weight is 306 g/mol. The summed E-state index contributed by atoms with van der Waals surface area (Å²) in [6.45, 7) is 0.0401. The van der Waals surface area contributed by atoms with E-state index in [0.29, 0.717) is 22.2 Å². The van der Waals surface area contributed by atoms with E-state index in [0.717, 1.165) is 0 Å². The van der Waals surface area contributed by atoms with Crippen LogP contribution in [-0.4, -0.2) is 27.5 Å². The number of carbonyl (C=O) groups excluding carboxylic acids is 1. The monoisotopic (exact) mass is 305 g/mol. The number of hydrogen-bond donors (Lipinski definition) is 1. The summed E-state index contributed by atoms with van der Waals surface area (Å²) in [5, 5.41) is 15.4. The van der Waals surface area contributed by atoms with Crippen LogP contribution >= 0.6 is 11.6 Å². The maximum atomic E-state index is 11.9. The van der Waals surface area contributed by atoms with Crippen LogP contribution in [-0.2, 0) is 11.3 Å². The van der Waals surface area contributed by atoms with Gasteiger partial charge in [-0.05, 0) is 0 Å². The second-order valence-corrected chi connectivity index (χ2v) is 4.52. The molecule has 1 aliphatic heterocycles. The van der Waals surface area contributed by atoms with Crippen LogP contribution in [0.4, 0.5) is 5.69 Å². The minimum Gasteiger partial charge on any atom is -0.454 e. The average Bonchev–Trinajstić information content (AvgIpc) is 3.07. The molecule has 1 amide bonds. The molecule has 0 unspecified atom stereocenters. The lowest BCUT2D eigenvalue weighted by Gasteiger charge is -2.08. The quantitative estimate of drug-likeness (QED) is 0.913. The fraction of sp³-hybridized carbons (Fsp3) is 0.167. The van der Waals surface area contributed by atoms with Crippen LogP contribution in [0.5, 0.6) is 11.5 Å². The number of benzene rings is 1. The predicted molar refractivity (Wildman–Crippen MR) is 70.9 cm³/mol. The lowest BCUT2D eigenvalue weighted by Crippen LogP contribution is -2.19. The molecule has 0 spiro atoms. The smallest absolute Gasteiger partial charge is 0.252 e. The first kappa shape index (κ1) is 13.2. The molecule has 1 aliphatic rings. The summed E-state index contributed by atoms with van der Waals surface area (Å²) in [4.78, 5) is 15.6. The van der Waals surface area contributed by atoms with E-state index in [4.69, 9.17) is 26.3 Å². The number of hydrogen-bond acceptors (Lipinski definition) is 6. The van der Waals surface area contributed by atoms with Gasteiger partial charge >= 0.3 is 0 Å². The van der Waals surface area contributed by atoms with Crippen LogP contribution in [0.1, 0.15) is 5.82 Å². The Morgan fingerprint density at radius 3 is 2.95 bits per heavy atom. The van der Waals surface area contributed by atoms with Crippen LogP contribution in [0.25, 0.3) is 0 Å². The van der Waals surface area contributed by atoms with Crippen molar-refractivity contribution in [1.82, 2.24) is 14.8 Å². The van der Waals surface area contributed by atoms with Crippen molar-refractivity contribution in [3.05, 3.63) is 29.3 Å². The van der Waals surface area contributed by atoms with Crippen molar-refractivity contribution in [1.29, 1.82) is 5.26 Å². The molecule has 0 aliphatic carbocycles. The summed E-state index contributed by atoms with van der Waals surface area (Å²) in [5.41, 5.74) is 0.409. The first-order valence-corrected chi connectivity index (χ1v) is 6.22. The molecule has 0 atom stereocenters. The van der Waals surface area contributed by atoms with Crippen molar-refractivity contribution in [2.24, 2.45) is 0 Å². The molecule has 21 heavy (non-hydrogen) atoms. The van der Waals surface area contributed by atoms with Crippen LogP contribution in [0.3, 0.4) is 0 Å². The summed E-state index contributed by atoms with van der Waals surface area (Å²) in [5.74, 6) is 0.698. The van der Waals surface area contributed by atoms with Gasteiger partial charge in [-0.2, -0.15) is 5.26 Å². The number of nitrogens with zero attached hydrogens (tertiary/aromatic N) is 4. The summed E-state index contributed by atoms with van der Waals surface area (Å²) < 4.78 is 11.7. The van der Waals surface area contributed by atoms with Crippen molar-refractivity contribution in [2.45, 2.75) is 6.54 Å². The zero-order valence-corrected chi connectivity index (χ0v) is 11.3. The minimum atomic E-state index is -0.356. The molecule has 0 saturated heterocycles. The second kappa shape index (κ2) is 5.30. The summed E-state index contributed by atoms with van der Waals surface area (Å²) in [6.07, 6.45) is 1.30. The number of amides is 1. The number of aromatic nitrogens is 3. The van der Waals surface area contributed by atoms with Crippen molar-refractivity contribution >= 4 is 23.2 Å². The van der Waals surface area contributed by atoms with Crippen LogP contribution in [0.15, 0.2) is 18.5 Å². The zero-order chi connectivity index (χ0) is 14.8. The highest BCUT2D eigenvalue weighted by Crippen LogP contribution is 2.39. The van der Waals surface area contributed by atoms with Gasteiger partial charge in [0.15, 0.2) is 11.5 Å². The summed E-state index contributed by atoms with van der Waals surface area (Å²) in [7, 11) is 0. The fourth-order valence-corrected chi connectivity index (χ4v) is 1.97. The molecule has 0 fully saturated rings. The number of nitriles is 1. The van der Waals surface area contributed by atoms with Crippen LogP contribution in [0, 0.1) is 11.3 Å². The first-order valence-electron chi connectivity index (χ1n) is 5.84. The van der Waals surface area contributed by atoms with Crippen LogP contribution in [0.2, 0.25) is 5.02 Å². The van der Waals surface area contributed by atoms with Gasteiger partial charge < -0.3 is 14.8 Å². The minimum absolute atomic E-state index is 0.00362. The molecule has 2 aromatic rings. The van der Waals surface area contributed by atoms with Crippen LogP contribution < -0.4 is 14.8 Å². The maximum Gasteiger partial charge on any atom is 0.252 e. The Kier molecular flexibility index (Phi) is 3.33. The summed E-state index contributed by atoms with van der Waals surface area (Å²) in [6, 6.07) is 4.94. The van der Waals surface area contributed by atoms with E-state index in [1.807, 2.05) is 0 Å². The third-order valence-corrected chi connectivity index (χ3v) is 2.99. The lowest BCUT2D eigenvalue weighted by molar-refractivity contribution is -0.116. The van der Waals surface area contributed by atoms with E-state index in [2.05, 4.69) is 15.4 Å². The van der Waals surface area contributed by atoms with E-state index in [9.17, 15) is 4.79 Å². The molecule has 8 nitrogen and oxygen atoms in total. The van der Waals surface area contributed by atoms with Gasteiger partial charge in [0.2, 0.25) is 12.7 Å². The van der Waals surface area contributed by atoms with Gasteiger partial charge in [0, 0.05) is 12.1 Å². The van der Waals surface area contributed by atoms with E-state index < -0.39 is 0 Å². The Morgan fingerprint density at radius 1 is 1.48 bits per heavy atom. The molecule has 9 heteroatoms. The molecule has 0 radical (unpaired) electrons. The molecular weight excluding hydrogens is 298 g/mol. The molecule has 0 saturated carbocycles. The Labute approximate surface area is 123 Å². The number of carbonyl (C=O) groups is 1. The van der Waals surface area contributed by atoms with E-state index in [-0.39, 0.29) is 25.1 Å². The largest absolute Gasteiger partial charge is 0.454 e. The standard InChI is InChI=1S/C12H8ClN5O3/c13-7-1-9-10(21-6-20-9)2-8(7)16-12(19)4-18-5-15-11(3-14)17-18/h1-2,5H,4,6H2,(H,16,19). The van der Waals surface area contributed by atoms with E-state index in [1.54, 1.807) is 18.2 Å². The first-order chi connectivity index (χ1) is 10.2. The lowest BCUT2D eigenvalue weighted by atomic mass is 10.2. The number of halogens is 1. The predicted octanol–water partition coefficient (Wildman–Crippen LogP) is 1.17. The van der Waals surface area contributed by atoms with E-state index >= 15 is 0 Å². The highest BCUT2D eigenvalue weighted by Gasteiger charge is 2.17. The molecule has 2 heterocycles. The SMILES string of the molecule is N#Cc1ncn(CC(=O)Nc2cc3c(cc2Cl)OCO3)n1. The normalized spacial score (nSPS) is 12.0. The van der Waals surface area contributed by atoms with Gasteiger partial charge in [0.25, 0.3) is 5.82 Å². The molecule has 3 rings (SSSR count). The maximum absolute atomic E-state index is 11.9. The topological polar surface area (TPSA) is 102 Å². The molecule has 0 bridgehead atoms. The molecule has 1 aromatic carbocycles. The van der Waals surface area contributed by atoms with Gasteiger partial charge in [-0.15, -0.1) is 5.10 Å². The number of fused-ring (bicyclic) bond motifs is 1. The third-order valence-electron chi connectivity index (χ3n) is 2.68. The van der Waals surface area contributed by atoms with Gasteiger partial charge in [-0.25, -0.2) is 9.67 Å². The molecular formula is C12H8ClN5O3. The highest BCUT2D eigenvalue weighted by atomic mass is 35.5. The Balaban J connectivity index is 1.71. The Bertz CT molecular complexity index is 752. The highest BCUT2D eigenvalue weighted by molar-refractivity contribution is 6.34. The number of anilines is 1. The number of nitrogens with one attached hydrogen (secondary N) is 1. The second-order valence-electron chi connectivity index (χ2n) is 4.11. The summed E-state index contributed by atoms with van der Waals surface area (Å²) >= 11 is 6.05. The van der Waals surface area contributed by atoms with Crippen molar-refractivity contribution < 1.29 is 14.3 Å². The molecule has 106 valence electrons. The van der Waals surface area contributed by atoms with Gasteiger partial charge in [0.05, 0.1) is 10.7 Å². The Hall–Kier alpha value is -2.79. The fourth-order valence-electron chi connectivity index (χ4n) is 1.77. The number of rotatable bonds is 3. The van der Waals surface area contributed by atoms with Crippen molar-refractivity contribution in [3.63, 3.8) is 0 Å². The van der Waals surface area contributed by atoms with Gasteiger partial charge in [0.1, 0.15) is 18.9 Å². The number of ether oxygens (including phenoxy) is 2. The third kappa shape index (κ3) is 2.73. The van der Waals surface area contributed by atoms with E-state index in [1.165, 1.54) is 11.0 Å². The molecule has 1 N–H and O–H groups in total. The van der Waals surface area contributed by atoms with Crippen molar-refractivity contribution in [3.8, 4) is 17.6 Å². The molecule has 1 aromatic heterocycles. The van der Waals surface area contributed by atoms with Gasteiger partial charge in [-0.1, -0.05) is 11.6 Å². The Morgan fingerprint density at radius 2 is 2.24 bits per heavy atom. The van der Waals surface area contributed by atoms with Crippen molar-refractivity contribution in [2.75, 3.05) is 12.1 Å². The van der Waals surface area contributed by atoms with Gasteiger partial charge in [-0.3, -0.25) is 4.79 Å².